The topological polar surface area (TPSA) is 55.9 Å². The lowest BCUT2D eigenvalue weighted by Crippen LogP contribution is -2.31. The summed E-state index contributed by atoms with van der Waals surface area (Å²) in [4.78, 5) is 0. The summed E-state index contributed by atoms with van der Waals surface area (Å²) in [7, 11) is 1.96. The molecule has 20 heavy (non-hydrogen) atoms. The van der Waals surface area contributed by atoms with Crippen molar-refractivity contribution in [3.05, 3.63) is 48.8 Å². The molecule has 0 saturated heterocycles. The molecule has 2 aromatic rings. The number of halogens is 2. The molecule has 0 amide bonds. The van der Waals surface area contributed by atoms with Gasteiger partial charge in [0.25, 0.3) is 0 Å². The Kier molecular flexibility index (Phi) is 5.22. The number of hydrogen-bond acceptors (Lipinski definition) is 3. The molecule has 0 spiro atoms. The van der Waals surface area contributed by atoms with Gasteiger partial charge < -0.3 is 0 Å². The van der Waals surface area contributed by atoms with Gasteiger partial charge >= 0.3 is 0 Å². The Hall–Kier alpha value is -0.440. The van der Waals surface area contributed by atoms with E-state index < -0.39 is 0 Å². The van der Waals surface area contributed by atoms with E-state index in [1.54, 1.807) is 0 Å². The van der Waals surface area contributed by atoms with E-state index in [4.69, 9.17) is 5.84 Å². The van der Waals surface area contributed by atoms with Crippen LogP contribution in [0.15, 0.2) is 22.7 Å². The monoisotopic (exact) mass is 448 g/mol. The summed E-state index contributed by atoms with van der Waals surface area (Å²) < 4.78 is 4.22. The van der Waals surface area contributed by atoms with Crippen molar-refractivity contribution in [3.8, 4) is 0 Å². The van der Waals surface area contributed by atoms with Gasteiger partial charge in [-0.1, -0.05) is 18.2 Å². The molecule has 0 aliphatic rings. The second-order valence-corrected chi connectivity index (χ2v) is 6.74. The minimum Gasteiger partial charge on any atom is -0.271 e. The minimum absolute atomic E-state index is 0.0629. The predicted octanol–water partition coefficient (Wildman–Crippen LogP) is 3.15. The van der Waals surface area contributed by atoms with Gasteiger partial charge in [0.1, 0.15) is 0 Å². The maximum Gasteiger partial charge on any atom is 0.0738 e. The smallest absolute Gasteiger partial charge is 0.0738 e. The highest BCUT2D eigenvalue weighted by molar-refractivity contribution is 14.1. The zero-order valence-corrected chi connectivity index (χ0v) is 15.5. The highest BCUT2D eigenvalue weighted by atomic mass is 127. The molecule has 6 heteroatoms. The number of aromatic nitrogens is 2. The zero-order chi connectivity index (χ0) is 14.9. The van der Waals surface area contributed by atoms with Crippen molar-refractivity contribution >= 4 is 38.5 Å². The molecule has 0 aliphatic carbocycles. The van der Waals surface area contributed by atoms with Gasteiger partial charge in [0.15, 0.2) is 0 Å². The number of nitrogens with two attached hydrogens (primary N) is 1. The van der Waals surface area contributed by atoms with Gasteiger partial charge in [-0.2, -0.15) is 5.10 Å². The Morgan fingerprint density at radius 1 is 1.45 bits per heavy atom. The van der Waals surface area contributed by atoms with Crippen LogP contribution in [0.2, 0.25) is 0 Å². The van der Waals surface area contributed by atoms with Crippen LogP contribution in [0.25, 0.3) is 0 Å². The average Bonchev–Trinajstić information content (AvgIpc) is 2.65. The SMILES string of the molecule is Cc1cccc(C(Cc2c(Br)c(C)nn2C)NN)c1I. The van der Waals surface area contributed by atoms with Crippen molar-refractivity contribution in [1.82, 2.24) is 15.2 Å². The molecule has 1 atom stereocenters. The van der Waals surface area contributed by atoms with Crippen LogP contribution < -0.4 is 11.3 Å². The Morgan fingerprint density at radius 2 is 2.15 bits per heavy atom. The largest absolute Gasteiger partial charge is 0.271 e. The van der Waals surface area contributed by atoms with Gasteiger partial charge in [0, 0.05) is 17.0 Å². The third-order valence-electron chi connectivity index (χ3n) is 3.46. The van der Waals surface area contributed by atoms with Crippen molar-refractivity contribution < 1.29 is 0 Å². The van der Waals surface area contributed by atoms with E-state index in [2.05, 4.69) is 74.2 Å². The van der Waals surface area contributed by atoms with Crippen molar-refractivity contribution in [3.63, 3.8) is 0 Å². The van der Waals surface area contributed by atoms with Crippen LogP contribution in [0.4, 0.5) is 0 Å². The van der Waals surface area contributed by atoms with Gasteiger partial charge in [0.05, 0.1) is 21.9 Å². The Morgan fingerprint density at radius 3 is 2.70 bits per heavy atom. The third-order valence-corrected chi connectivity index (χ3v) is 5.96. The Bertz CT molecular complexity index is 624. The third kappa shape index (κ3) is 3.08. The maximum atomic E-state index is 5.78. The first-order valence-electron chi connectivity index (χ1n) is 6.34. The van der Waals surface area contributed by atoms with E-state index in [9.17, 15) is 0 Å². The molecule has 0 saturated carbocycles. The fourth-order valence-electron chi connectivity index (χ4n) is 2.29. The molecule has 3 N–H and O–H groups in total. The lowest BCUT2D eigenvalue weighted by atomic mass is 10.0. The summed E-state index contributed by atoms with van der Waals surface area (Å²) in [6.07, 6.45) is 0.786. The first-order chi connectivity index (χ1) is 9.45. The highest BCUT2D eigenvalue weighted by Crippen LogP contribution is 2.28. The van der Waals surface area contributed by atoms with Crippen LogP contribution in [-0.2, 0) is 13.5 Å². The number of rotatable bonds is 4. The van der Waals surface area contributed by atoms with Crippen molar-refractivity contribution in [1.29, 1.82) is 0 Å². The standard InChI is InChI=1S/C14H18BrIN4/c1-8-5-4-6-10(14(8)16)11(18-17)7-12-13(15)9(2)19-20(12)3/h4-6,11,18H,7,17H2,1-3H3. The molecule has 1 aromatic heterocycles. The summed E-state index contributed by atoms with van der Waals surface area (Å²) in [5.74, 6) is 5.78. The van der Waals surface area contributed by atoms with Crippen LogP contribution >= 0.6 is 38.5 Å². The Balaban J connectivity index is 2.36. The average molecular weight is 449 g/mol. The van der Waals surface area contributed by atoms with Crippen LogP contribution in [0.3, 0.4) is 0 Å². The summed E-state index contributed by atoms with van der Waals surface area (Å²) in [5.41, 5.74) is 7.56. The molecular weight excluding hydrogens is 431 g/mol. The van der Waals surface area contributed by atoms with E-state index >= 15 is 0 Å². The molecule has 1 heterocycles. The second-order valence-electron chi connectivity index (χ2n) is 4.87. The quantitative estimate of drug-likeness (QED) is 0.429. The highest BCUT2D eigenvalue weighted by Gasteiger charge is 2.19. The van der Waals surface area contributed by atoms with Gasteiger partial charge in [-0.15, -0.1) is 0 Å². The van der Waals surface area contributed by atoms with E-state index in [1.165, 1.54) is 14.7 Å². The number of nitrogens with one attached hydrogen (secondary N) is 1. The number of aryl methyl sites for hydroxylation is 3. The van der Waals surface area contributed by atoms with Crippen molar-refractivity contribution in [2.24, 2.45) is 12.9 Å². The second kappa shape index (κ2) is 6.55. The fourth-order valence-corrected chi connectivity index (χ4v) is 3.53. The number of nitrogens with zero attached hydrogens (tertiary/aromatic N) is 2. The Labute approximate surface area is 141 Å². The molecule has 2 rings (SSSR count). The van der Waals surface area contributed by atoms with Crippen LogP contribution in [-0.4, -0.2) is 9.78 Å². The molecule has 108 valence electrons. The summed E-state index contributed by atoms with van der Waals surface area (Å²) in [6, 6.07) is 6.37. The predicted molar refractivity (Wildman–Crippen MR) is 93.3 cm³/mol. The van der Waals surface area contributed by atoms with Crippen molar-refractivity contribution in [2.75, 3.05) is 0 Å². The lowest BCUT2D eigenvalue weighted by molar-refractivity contribution is 0.527. The van der Waals surface area contributed by atoms with Gasteiger partial charge in [-0.3, -0.25) is 16.0 Å². The zero-order valence-electron chi connectivity index (χ0n) is 11.7. The van der Waals surface area contributed by atoms with Crippen molar-refractivity contribution in [2.45, 2.75) is 26.3 Å². The molecule has 1 aromatic carbocycles. The molecular formula is C14H18BrIN4. The minimum atomic E-state index is 0.0629. The normalized spacial score (nSPS) is 12.7. The van der Waals surface area contributed by atoms with Crippen LogP contribution in [0, 0.1) is 17.4 Å². The van der Waals surface area contributed by atoms with E-state index in [0.29, 0.717) is 0 Å². The van der Waals surface area contributed by atoms with E-state index in [-0.39, 0.29) is 6.04 Å². The van der Waals surface area contributed by atoms with Crippen LogP contribution in [0.1, 0.15) is 28.6 Å². The fraction of sp³-hybridized carbons (Fsp3) is 0.357. The van der Waals surface area contributed by atoms with Gasteiger partial charge in [0.2, 0.25) is 0 Å². The van der Waals surface area contributed by atoms with E-state index in [1.807, 2.05) is 18.7 Å². The molecule has 0 aliphatic heterocycles. The van der Waals surface area contributed by atoms with Gasteiger partial charge in [-0.25, -0.2) is 0 Å². The summed E-state index contributed by atoms with van der Waals surface area (Å²) >= 11 is 5.99. The molecule has 0 bridgehead atoms. The number of benzene rings is 1. The molecule has 1 unspecified atom stereocenters. The first-order valence-corrected chi connectivity index (χ1v) is 8.22. The van der Waals surface area contributed by atoms with E-state index in [0.717, 1.165) is 22.3 Å². The summed E-state index contributed by atoms with van der Waals surface area (Å²) in [5, 5.41) is 4.43. The number of hydrogen-bond donors (Lipinski definition) is 2. The molecule has 4 nitrogen and oxygen atoms in total. The maximum absolute atomic E-state index is 5.78. The first kappa shape index (κ1) is 15.9. The molecule has 0 radical (unpaired) electrons. The van der Waals surface area contributed by atoms with Crippen LogP contribution in [0.5, 0.6) is 0 Å². The van der Waals surface area contributed by atoms with Gasteiger partial charge in [-0.05, 0) is 63.5 Å². The summed E-state index contributed by atoms with van der Waals surface area (Å²) in [6.45, 7) is 4.11. The molecule has 0 fully saturated rings. The lowest BCUT2D eigenvalue weighted by Gasteiger charge is -2.19. The number of hydrazine groups is 1.